The van der Waals surface area contributed by atoms with Gasteiger partial charge in [0.1, 0.15) is 11.5 Å². The molecule has 0 bridgehead atoms. The standard InChI is InChI=1S/C13H17N7O2S/c14-12-18-9(5-10(21)19-12)20-3-1-7(2-4-20)16-11(22)8-6-23-13(15)17-8/h5-7H,1-4H2,(H2,15,17)(H,16,22)(H3,14,18,19,21). The Balaban J connectivity index is 1.58. The van der Waals surface area contributed by atoms with E-state index in [0.717, 1.165) is 12.8 Å². The van der Waals surface area contributed by atoms with Crippen molar-refractivity contribution in [3.05, 3.63) is 27.5 Å². The van der Waals surface area contributed by atoms with Crippen LogP contribution in [0.2, 0.25) is 0 Å². The summed E-state index contributed by atoms with van der Waals surface area (Å²) in [6.45, 7) is 1.36. The van der Waals surface area contributed by atoms with Crippen LogP contribution >= 0.6 is 11.3 Å². The molecule has 9 nitrogen and oxygen atoms in total. The molecule has 6 N–H and O–H groups in total. The van der Waals surface area contributed by atoms with Crippen LogP contribution in [0.25, 0.3) is 0 Å². The second kappa shape index (κ2) is 6.24. The van der Waals surface area contributed by atoms with Crippen molar-refractivity contribution in [2.75, 3.05) is 29.5 Å². The van der Waals surface area contributed by atoms with Gasteiger partial charge in [0.25, 0.3) is 11.5 Å². The summed E-state index contributed by atoms with van der Waals surface area (Å²) in [6.07, 6.45) is 1.50. The van der Waals surface area contributed by atoms with E-state index in [1.807, 2.05) is 4.90 Å². The summed E-state index contributed by atoms with van der Waals surface area (Å²) in [5.74, 6) is 0.447. The number of nitrogen functional groups attached to an aromatic ring is 2. The number of aromatic amines is 1. The number of nitrogens with zero attached hydrogens (tertiary/aromatic N) is 3. The van der Waals surface area contributed by atoms with Crippen molar-refractivity contribution in [3.8, 4) is 0 Å². The number of aromatic nitrogens is 3. The second-order valence-electron chi connectivity index (χ2n) is 5.29. The topological polar surface area (TPSA) is 143 Å². The summed E-state index contributed by atoms with van der Waals surface area (Å²) in [7, 11) is 0. The number of rotatable bonds is 3. The quantitative estimate of drug-likeness (QED) is 0.607. The van der Waals surface area contributed by atoms with Gasteiger partial charge in [-0.2, -0.15) is 4.98 Å². The molecule has 0 aromatic carbocycles. The summed E-state index contributed by atoms with van der Waals surface area (Å²) < 4.78 is 0. The van der Waals surface area contributed by atoms with E-state index in [-0.39, 0.29) is 23.5 Å². The monoisotopic (exact) mass is 335 g/mol. The molecule has 3 rings (SSSR count). The first-order valence-corrected chi connectivity index (χ1v) is 8.03. The molecular weight excluding hydrogens is 318 g/mol. The van der Waals surface area contributed by atoms with E-state index in [2.05, 4.69) is 20.3 Å². The number of carbonyl (C=O) groups is 1. The van der Waals surface area contributed by atoms with E-state index < -0.39 is 0 Å². The van der Waals surface area contributed by atoms with E-state index >= 15 is 0 Å². The summed E-state index contributed by atoms with van der Waals surface area (Å²) in [6, 6.07) is 1.48. The smallest absolute Gasteiger partial charge is 0.271 e. The van der Waals surface area contributed by atoms with Crippen molar-refractivity contribution in [1.29, 1.82) is 0 Å². The fraction of sp³-hybridized carbons (Fsp3) is 0.385. The first-order valence-electron chi connectivity index (χ1n) is 7.15. The number of nitrogens with two attached hydrogens (primary N) is 2. The van der Waals surface area contributed by atoms with Crippen LogP contribution in [-0.2, 0) is 0 Å². The predicted molar refractivity (Wildman–Crippen MR) is 88.5 cm³/mol. The van der Waals surface area contributed by atoms with E-state index in [1.54, 1.807) is 5.38 Å². The summed E-state index contributed by atoms with van der Waals surface area (Å²) >= 11 is 1.24. The fourth-order valence-corrected chi connectivity index (χ4v) is 3.07. The third kappa shape index (κ3) is 3.59. The molecule has 1 saturated heterocycles. The SMILES string of the molecule is Nc1nc(N2CCC(NC(=O)c3csc(N)n3)CC2)cc(=O)[nH]1. The second-order valence-corrected chi connectivity index (χ2v) is 6.18. The lowest BCUT2D eigenvalue weighted by Crippen LogP contribution is -2.45. The van der Waals surface area contributed by atoms with E-state index in [4.69, 9.17) is 11.5 Å². The Labute approximate surface area is 135 Å². The van der Waals surface area contributed by atoms with Gasteiger partial charge in [0.15, 0.2) is 5.13 Å². The van der Waals surface area contributed by atoms with Gasteiger partial charge in [-0.3, -0.25) is 14.6 Å². The Hall–Kier alpha value is -2.62. The molecule has 0 unspecified atom stereocenters. The molecular formula is C13H17N7O2S. The fourth-order valence-electron chi connectivity index (χ4n) is 2.53. The molecule has 2 aromatic rings. The largest absolute Gasteiger partial charge is 0.375 e. The van der Waals surface area contributed by atoms with Gasteiger partial charge in [-0.05, 0) is 12.8 Å². The summed E-state index contributed by atoms with van der Waals surface area (Å²) in [5, 5.41) is 4.97. The average Bonchev–Trinajstić information content (AvgIpc) is 2.94. The Morgan fingerprint density at radius 1 is 1.35 bits per heavy atom. The van der Waals surface area contributed by atoms with Crippen LogP contribution in [0.1, 0.15) is 23.3 Å². The van der Waals surface area contributed by atoms with Crippen molar-refractivity contribution in [2.24, 2.45) is 0 Å². The van der Waals surface area contributed by atoms with Gasteiger partial charge >= 0.3 is 0 Å². The maximum Gasteiger partial charge on any atom is 0.271 e. The molecule has 1 fully saturated rings. The number of nitrogens with one attached hydrogen (secondary N) is 2. The van der Waals surface area contributed by atoms with Crippen LogP contribution in [0.4, 0.5) is 16.9 Å². The minimum Gasteiger partial charge on any atom is -0.375 e. The summed E-state index contributed by atoms with van der Waals surface area (Å²) in [5.41, 5.74) is 11.2. The molecule has 0 radical (unpaired) electrons. The molecule has 0 atom stereocenters. The van der Waals surface area contributed by atoms with E-state index in [9.17, 15) is 9.59 Å². The highest BCUT2D eigenvalue weighted by atomic mass is 32.1. The van der Waals surface area contributed by atoms with Crippen molar-refractivity contribution < 1.29 is 4.79 Å². The minimum atomic E-state index is -0.274. The van der Waals surface area contributed by atoms with E-state index in [0.29, 0.717) is 29.7 Å². The zero-order valence-corrected chi connectivity index (χ0v) is 13.1. The third-order valence-electron chi connectivity index (χ3n) is 3.66. The van der Waals surface area contributed by atoms with Crippen LogP contribution in [0.15, 0.2) is 16.2 Å². The van der Waals surface area contributed by atoms with Gasteiger partial charge in [0, 0.05) is 30.6 Å². The van der Waals surface area contributed by atoms with Crippen molar-refractivity contribution >= 4 is 34.1 Å². The molecule has 1 amide bonds. The lowest BCUT2D eigenvalue weighted by atomic mass is 10.0. The van der Waals surface area contributed by atoms with Crippen LogP contribution < -0.4 is 27.2 Å². The molecule has 2 aromatic heterocycles. The van der Waals surface area contributed by atoms with Gasteiger partial charge in [-0.1, -0.05) is 0 Å². The molecule has 0 aliphatic carbocycles. The van der Waals surface area contributed by atoms with Crippen molar-refractivity contribution in [2.45, 2.75) is 18.9 Å². The molecule has 3 heterocycles. The number of piperidine rings is 1. The highest BCUT2D eigenvalue weighted by Crippen LogP contribution is 2.18. The highest BCUT2D eigenvalue weighted by molar-refractivity contribution is 7.13. The van der Waals surface area contributed by atoms with Gasteiger partial charge in [0.05, 0.1) is 0 Å². The molecule has 10 heteroatoms. The molecule has 23 heavy (non-hydrogen) atoms. The van der Waals surface area contributed by atoms with Crippen LogP contribution in [0.5, 0.6) is 0 Å². The molecule has 0 saturated carbocycles. The summed E-state index contributed by atoms with van der Waals surface area (Å²) in [4.78, 5) is 36.0. The van der Waals surface area contributed by atoms with Crippen LogP contribution in [0, 0.1) is 0 Å². The van der Waals surface area contributed by atoms with Gasteiger partial charge in [-0.15, -0.1) is 11.3 Å². The normalized spacial score (nSPS) is 15.6. The Morgan fingerprint density at radius 2 is 2.09 bits per heavy atom. The Bertz CT molecular complexity index is 764. The Morgan fingerprint density at radius 3 is 2.70 bits per heavy atom. The zero-order valence-electron chi connectivity index (χ0n) is 12.3. The lowest BCUT2D eigenvalue weighted by Gasteiger charge is -2.32. The number of anilines is 3. The van der Waals surface area contributed by atoms with Gasteiger partial charge < -0.3 is 21.7 Å². The van der Waals surface area contributed by atoms with E-state index in [1.165, 1.54) is 17.4 Å². The molecule has 1 aliphatic rings. The number of hydrogen-bond acceptors (Lipinski definition) is 8. The highest BCUT2D eigenvalue weighted by Gasteiger charge is 2.23. The number of H-pyrrole nitrogens is 1. The van der Waals surface area contributed by atoms with Crippen LogP contribution in [-0.4, -0.2) is 40.0 Å². The minimum absolute atomic E-state index is 0.0565. The molecule has 1 aliphatic heterocycles. The van der Waals surface area contributed by atoms with Crippen molar-refractivity contribution in [1.82, 2.24) is 20.3 Å². The number of hydrogen-bond donors (Lipinski definition) is 4. The number of carbonyl (C=O) groups excluding carboxylic acids is 1. The maximum absolute atomic E-state index is 12.1. The Kier molecular flexibility index (Phi) is 4.15. The first-order chi connectivity index (χ1) is 11.0. The van der Waals surface area contributed by atoms with Crippen LogP contribution in [0.3, 0.4) is 0 Å². The first kappa shape index (κ1) is 15.3. The average molecular weight is 335 g/mol. The third-order valence-corrected chi connectivity index (χ3v) is 4.33. The van der Waals surface area contributed by atoms with Crippen molar-refractivity contribution in [3.63, 3.8) is 0 Å². The van der Waals surface area contributed by atoms with Gasteiger partial charge in [-0.25, -0.2) is 4.98 Å². The predicted octanol–water partition coefficient (Wildman–Crippen LogP) is -0.210. The molecule has 122 valence electrons. The zero-order chi connectivity index (χ0) is 16.4. The number of thiazole rings is 1. The molecule has 0 spiro atoms. The maximum atomic E-state index is 12.1. The lowest BCUT2D eigenvalue weighted by molar-refractivity contribution is 0.0927. The number of amides is 1. The van der Waals surface area contributed by atoms with Gasteiger partial charge in [0.2, 0.25) is 5.95 Å².